The highest BCUT2D eigenvalue weighted by Crippen LogP contribution is 2.39. The van der Waals surface area contributed by atoms with Crippen LogP contribution in [0.1, 0.15) is 31.0 Å². The molecule has 7 nitrogen and oxygen atoms in total. The van der Waals surface area contributed by atoms with Gasteiger partial charge in [-0.3, -0.25) is 14.5 Å². The summed E-state index contributed by atoms with van der Waals surface area (Å²) in [5.74, 6) is -1.49. The van der Waals surface area contributed by atoms with Crippen LogP contribution < -0.4 is 4.74 Å². The van der Waals surface area contributed by atoms with Crippen molar-refractivity contribution in [2.45, 2.75) is 26.0 Å². The third-order valence-corrected chi connectivity index (χ3v) is 5.99. The van der Waals surface area contributed by atoms with Gasteiger partial charge in [-0.1, -0.05) is 12.1 Å². The summed E-state index contributed by atoms with van der Waals surface area (Å²) >= 11 is 0. The van der Waals surface area contributed by atoms with E-state index >= 15 is 0 Å². The predicted molar refractivity (Wildman–Crippen MR) is 125 cm³/mol. The smallest absolute Gasteiger partial charge is 0.295 e. The molecule has 0 bridgehead atoms. The molecule has 2 aliphatic heterocycles. The lowest BCUT2D eigenvalue weighted by Gasteiger charge is -2.31. The molecule has 0 aromatic heterocycles. The van der Waals surface area contributed by atoms with Crippen molar-refractivity contribution in [1.29, 1.82) is 0 Å². The predicted octanol–water partition coefficient (Wildman–Crippen LogP) is 3.37. The Balaban J connectivity index is 1.69. The fraction of sp³-hybridized carbons (Fsp3) is 0.385. The molecule has 2 saturated heterocycles. The molecule has 1 atom stereocenters. The summed E-state index contributed by atoms with van der Waals surface area (Å²) < 4.78 is 24.6. The van der Waals surface area contributed by atoms with E-state index in [9.17, 15) is 19.1 Å². The summed E-state index contributed by atoms with van der Waals surface area (Å²) in [4.78, 5) is 29.8. The van der Waals surface area contributed by atoms with E-state index in [0.29, 0.717) is 43.2 Å². The number of ether oxygens (including phenoxy) is 2. The minimum absolute atomic E-state index is 0.00360. The van der Waals surface area contributed by atoms with E-state index in [1.807, 2.05) is 13.8 Å². The van der Waals surface area contributed by atoms with Gasteiger partial charge < -0.3 is 19.5 Å². The Morgan fingerprint density at radius 2 is 1.71 bits per heavy atom. The van der Waals surface area contributed by atoms with Crippen LogP contribution in [0.25, 0.3) is 5.76 Å². The first-order valence-electron chi connectivity index (χ1n) is 11.5. The molecule has 0 saturated carbocycles. The number of ketones is 1. The average molecular weight is 469 g/mol. The summed E-state index contributed by atoms with van der Waals surface area (Å²) in [5.41, 5.74) is 0.953. The minimum atomic E-state index is -0.812. The second-order valence-corrected chi connectivity index (χ2v) is 8.69. The summed E-state index contributed by atoms with van der Waals surface area (Å²) in [6.07, 6.45) is -0.00489. The molecule has 0 radical (unpaired) electrons. The number of likely N-dealkylation sites (tertiary alicyclic amines) is 1. The van der Waals surface area contributed by atoms with Crippen LogP contribution in [0.4, 0.5) is 4.39 Å². The van der Waals surface area contributed by atoms with Gasteiger partial charge in [-0.15, -0.1) is 0 Å². The van der Waals surface area contributed by atoms with Crippen LogP contribution >= 0.6 is 0 Å². The van der Waals surface area contributed by atoms with Crippen LogP contribution in [0, 0.1) is 5.82 Å². The zero-order chi connectivity index (χ0) is 24.2. The Kier molecular flexibility index (Phi) is 7.29. The normalized spacial score (nSPS) is 20.8. The number of hydrogen-bond donors (Lipinski definition) is 1. The molecular formula is C26H29FN2O5. The number of aliphatic hydroxyl groups is 1. The lowest BCUT2D eigenvalue weighted by molar-refractivity contribution is -0.140. The summed E-state index contributed by atoms with van der Waals surface area (Å²) in [6.45, 7) is 7.42. The van der Waals surface area contributed by atoms with Gasteiger partial charge in [-0.25, -0.2) is 4.39 Å². The Labute approximate surface area is 198 Å². The van der Waals surface area contributed by atoms with Crippen molar-refractivity contribution in [2.75, 3.05) is 39.4 Å². The van der Waals surface area contributed by atoms with Gasteiger partial charge in [0.25, 0.3) is 11.7 Å². The molecule has 1 N–H and O–H groups in total. The first kappa shape index (κ1) is 23.9. The third kappa shape index (κ3) is 5.13. The van der Waals surface area contributed by atoms with E-state index in [1.165, 1.54) is 17.0 Å². The highest BCUT2D eigenvalue weighted by Gasteiger charge is 2.46. The molecule has 2 aliphatic rings. The third-order valence-electron chi connectivity index (χ3n) is 5.99. The quantitative estimate of drug-likeness (QED) is 0.381. The van der Waals surface area contributed by atoms with Crippen LogP contribution in [0.3, 0.4) is 0 Å². The number of carbonyl (C=O) groups excluding carboxylic acids is 2. The second kappa shape index (κ2) is 10.4. The van der Waals surface area contributed by atoms with Crippen molar-refractivity contribution in [3.63, 3.8) is 0 Å². The lowest BCUT2D eigenvalue weighted by atomic mass is 9.95. The standard InChI is InChI=1S/C26H29FN2O5/c1-17(2)34-21-9-5-19(6-10-21)24(30)22-23(18-3-7-20(27)8-4-18)29(26(32)25(22)31)12-11-28-13-15-33-16-14-28/h3-10,17,23,30H,11-16H2,1-2H3/b24-22+/t23-/m0/s1. The zero-order valence-corrected chi connectivity index (χ0v) is 19.4. The van der Waals surface area contributed by atoms with Crippen molar-refractivity contribution >= 4 is 17.4 Å². The lowest BCUT2D eigenvalue weighted by Crippen LogP contribution is -2.42. The molecule has 4 rings (SSSR count). The number of amides is 1. The fourth-order valence-corrected chi connectivity index (χ4v) is 4.30. The van der Waals surface area contributed by atoms with Crippen molar-refractivity contribution in [2.24, 2.45) is 0 Å². The van der Waals surface area contributed by atoms with Gasteiger partial charge in [0.2, 0.25) is 0 Å². The topological polar surface area (TPSA) is 79.3 Å². The van der Waals surface area contributed by atoms with Crippen molar-refractivity contribution in [1.82, 2.24) is 9.80 Å². The fourth-order valence-electron chi connectivity index (χ4n) is 4.30. The maximum absolute atomic E-state index is 13.6. The van der Waals surface area contributed by atoms with Crippen molar-refractivity contribution in [3.05, 3.63) is 71.0 Å². The monoisotopic (exact) mass is 468 g/mol. The van der Waals surface area contributed by atoms with Gasteiger partial charge in [-0.05, 0) is 55.8 Å². The van der Waals surface area contributed by atoms with Gasteiger partial charge in [0, 0.05) is 31.7 Å². The van der Waals surface area contributed by atoms with E-state index in [2.05, 4.69) is 4.90 Å². The molecule has 2 aromatic rings. The van der Waals surface area contributed by atoms with E-state index in [1.54, 1.807) is 36.4 Å². The SMILES string of the molecule is CC(C)Oc1ccc(/C(O)=C2\C(=O)C(=O)N(CCN3CCOCC3)[C@H]2c2ccc(F)cc2)cc1. The average Bonchev–Trinajstić information content (AvgIpc) is 3.08. The Morgan fingerprint density at radius 1 is 1.06 bits per heavy atom. The molecule has 0 aliphatic carbocycles. The van der Waals surface area contributed by atoms with E-state index < -0.39 is 23.5 Å². The number of benzene rings is 2. The second-order valence-electron chi connectivity index (χ2n) is 8.69. The molecule has 0 spiro atoms. The molecule has 2 fully saturated rings. The highest BCUT2D eigenvalue weighted by molar-refractivity contribution is 6.46. The Morgan fingerprint density at radius 3 is 2.32 bits per heavy atom. The number of aliphatic hydroxyl groups excluding tert-OH is 1. The number of carbonyl (C=O) groups is 2. The van der Waals surface area contributed by atoms with Crippen molar-refractivity contribution < 1.29 is 28.6 Å². The van der Waals surface area contributed by atoms with Gasteiger partial charge in [0.15, 0.2) is 0 Å². The molecule has 2 aromatic carbocycles. The molecular weight excluding hydrogens is 439 g/mol. The first-order chi connectivity index (χ1) is 16.3. The van der Waals surface area contributed by atoms with E-state index in [0.717, 1.165) is 13.1 Å². The van der Waals surface area contributed by atoms with Crippen molar-refractivity contribution in [3.8, 4) is 5.75 Å². The molecule has 2 heterocycles. The number of nitrogens with zero attached hydrogens (tertiary/aromatic N) is 2. The molecule has 180 valence electrons. The van der Waals surface area contributed by atoms with Crippen LogP contribution in [-0.2, 0) is 14.3 Å². The molecule has 0 unspecified atom stereocenters. The summed E-state index contributed by atoms with van der Waals surface area (Å²) in [5, 5.41) is 11.1. The highest BCUT2D eigenvalue weighted by atomic mass is 19.1. The zero-order valence-electron chi connectivity index (χ0n) is 19.4. The number of halogens is 1. The Hall–Kier alpha value is -3.23. The van der Waals surface area contributed by atoms with Crippen LogP contribution in [0.2, 0.25) is 0 Å². The van der Waals surface area contributed by atoms with Crippen LogP contribution in [-0.4, -0.2) is 72.1 Å². The summed E-state index contributed by atoms with van der Waals surface area (Å²) in [7, 11) is 0. The van der Waals surface area contributed by atoms with E-state index in [-0.39, 0.29) is 17.4 Å². The van der Waals surface area contributed by atoms with E-state index in [4.69, 9.17) is 9.47 Å². The number of morpholine rings is 1. The first-order valence-corrected chi connectivity index (χ1v) is 11.5. The number of hydrogen-bond acceptors (Lipinski definition) is 6. The summed E-state index contributed by atoms with van der Waals surface area (Å²) in [6, 6.07) is 11.6. The van der Waals surface area contributed by atoms with Crippen LogP contribution in [0.5, 0.6) is 5.75 Å². The van der Waals surface area contributed by atoms with Gasteiger partial charge in [-0.2, -0.15) is 0 Å². The number of Topliss-reactive ketones (excluding diaryl/α,β-unsaturated/α-hetero) is 1. The van der Waals surface area contributed by atoms with Gasteiger partial charge in [0.1, 0.15) is 17.3 Å². The molecule has 1 amide bonds. The van der Waals surface area contributed by atoms with Crippen LogP contribution in [0.15, 0.2) is 54.1 Å². The Bertz CT molecular complexity index is 1060. The molecule has 8 heteroatoms. The minimum Gasteiger partial charge on any atom is -0.507 e. The maximum atomic E-state index is 13.6. The van der Waals surface area contributed by atoms with Gasteiger partial charge in [0.05, 0.1) is 30.9 Å². The molecule has 34 heavy (non-hydrogen) atoms. The largest absolute Gasteiger partial charge is 0.507 e. The maximum Gasteiger partial charge on any atom is 0.295 e. The van der Waals surface area contributed by atoms with Gasteiger partial charge >= 0.3 is 0 Å². The number of rotatable bonds is 7.